The lowest BCUT2D eigenvalue weighted by Gasteiger charge is -2.27. The van der Waals surface area contributed by atoms with Gasteiger partial charge < -0.3 is 19.1 Å². The second kappa shape index (κ2) is 7.68. The first-order valence-corrected chi connectivity index (χ1v) is 9.89. The summed E-state index contributed by atoms with van der Waals surface area (Å²) in [5.41, 5.74) is 5.61. The molecule has 0 saturated carbocycles. The number of cyclic esters (lactones) is 1. The van der Waals surface area contributed by atoms with Crippen molar-refractivity contribution in [2.75, 3.05) is 0 Å². The van der Waals surface area contributed by atoms with Crippen molar-refractivity contribution in [2.45, 2.75) is 71.0 Å². The molecule has 5 nitrogen and oxygen atoms in total. The lowest BCUT2D eigenvalue weighted by atomic mass is 10.0. The summed E-state index contributed by atoms with van der Waals surface area (Å²) in [6.07, 6.45) is 0.259. The van der Waals surface area contributed by atoms with Gasteiger partial charge in [0.1, 0.15) is 11.9 Å². The van der Waals surface area contributed by atoms with Crippen LogP contribution in [0.3, 0.4) is 0 Å². The van der Waals surface area contributed by atoms with E-state index in [1.807, 2.05) is 0 Å². The third-order valence-electron chi connectivity index (χ3n) is 5.59. The summed E-state index contributed by atoms with van der Waals surface area (Å²) in [6.45, 7) is 6.11. The molecular weight excluding hydrogens is 361 g/mol. The molecule has 3 heterocycles. The number of hydrogen-bond donors (Lipinski definition) is 1. The zero-order chi connectivity index (χ0) is 19.8. The largest absolute Gasteiger partial charge is 0.462 e. The predicted molar refractivity (Wildman–Crippen MR) is 102 cm³/mol. The molecule has 0 radical (unpaired) electrons. The molecule has 0 amide bonds. The van der Waals surface area contributed by atoms with E-state index < -0.39 is 6.10 Å². The number of aromatic nitrogens is 1. The van der Waals surface area contributed by atoms with E-state index in [4.69, 9.17) is 9.47 Å². The molecule has 1 aromatic carbocycles. The zero-order valence-corrected chi connectivity index (χ0v) is 16.3. The van der Waals surface area contributed by atoms with Gasteiger partial charge in [0.25, 0.3) is 0 Å². The van der Waals surface area contributed by atoms with Crippen LogP contribution in [-0.2, 0) is 34.0 Å². The molecule has 2 aliphatic heterocycles. The summed E-state index contributed by atoms with van der Waals surface area (Å²) in [4.78, 5) is 11.7. The maximum atomic E-state index is 13.5. The number of hydrogen-bond acceptors (Lipinski definition) is 4. The van der Waals surface area contributed by atoms with Crippen LogP contribution in [0.2, 0.25) is 0 Å². The van der Waals surface area contributed by atoms with Crippen molar-refractivity contribution in [2.24, 2.45) is 0 Å². The first-order chi connectivity index (χ1) is 13.4. The Hall–Kier alpha value is -2.18. The molecule has 2 aliphatic rings. The summed E-state index contributed by atoms with van der Waals surface area (Å²) in [6, 6.07) is 6.55. The highest BCUT2D eigenvalue weighted by Crippen LogP contribution is 2.40. The number of carbonyl (C=O) groups is 1. The van der Waals surface area contributed by atoms with Crippen LogP contribution in [0.5, 0.6) is 0 Å². The van der Waals surface area contributed by atoms with Crippen molar-refractivity contribution in [1.29, 1.82) is 0 Å². The maximum Gasteiger partial charge on any atom is 0.308 e. The molecule has 0 spiro atoms. The van der Waals surface area contributed by atoms with Crippen LogP contribution in [0.4, 0.5) is 4.39 Å². The van der Waals surface area contributed by atoms with E-state index in [0.717, 1.165) is 16.8 Å². The van der Waals surface area contributed by atoms with Crippen molar-refractivity contribution in [3.63, 3.8) is 0 Å². The predicted octanol–water partition coefficient (Wildman–Crippen LogP) is 3.90. The number of benzene rings is 1. The number of aliphatic hydroxyl groups excluding tert-OH is 1. The standard InChI is InChI=1S/C22H26FNO4/c1-13(2)21-18-11-27-12-19(18)22(14-3-5-15(23)6-4-14)24(21)8-7-17-9-16(25)10-20(26)28-17/h3-6,13,16-17,25H,7-12H2,1-2H3/t16-,17-/m1/s1. The molecule has 0 unspecified atom stereocenters. The highest BCUT2D eigenvalue weighted by molar-refractivity contribution is 5.71. The molecule has 6 heteroatoms. The Morgan fingerprint density at radius 2 is 1.93 bits per heavy atom. The van der Waals surface area contributed by atoms with E-state index in [2.05, 4.69) is 18.4 Å². The molecule has 1 saturated heterocycles. The highest BCUT2D eigenvalue weighted by Gasteiger charge is 2.31. The van der Waals surface area contributed by atoms with Gasteiger partial charge in [0.2, 0.25) is 0 Å². The molecule has 1 aromatic heterocycles. The Balaban J connectivity index is 1.70. The molecule has 0 bridgehead atoms. The van der Waals surface area contributed by atoms with Crippen LogP contribution in [0, 0.1) is 5.82 Å². The summed E-state index contributed by atoms with van der Waals surface area (Å²) in [5, 5.41) is 9.88. The first kappa shape index (κ1) is 19.2. The molecule has 0 aliphatic carbocycles. The Labute approximate surface area is 164 Å². The molecule has 2 atom stereocenters. The Morgan fingerprint density at radius 1 is 1.21 bits per heavy atom. The number of nitrogens with zero attached hydrogens (tertiary/aromatic N) is 1. The van der Waals surface area contributed by atoms with E-state index >= 15 is 0 Å². The van der Waals surface area contributed by atoms with Crippen LogP contribution in [0.15, 0.2) is 24.3 Å². The van der Waals surface area contributed by atoms with Gasteiger partial charge in [0.15, 0.2) is 0 Å². The van der Waals surface area contributed by atoms with Gasteiger partial charge in [-0.3, -0.25) is 4.79 Å². The minimum absolute atomic E-state index is 0.0731. The van der Waals surface area contributed by atoms with Crippen molar-refractivity contribution in [1.82, 2.24) is 4.57 Å². The van der Waals surface area contributed by atoms with Gasteiger partial charge in [-0.1, -0.05) is 13.8 Å². The third kappa shape index (κ3) is 3.59. The average Bonchev–Trinajstić information content (AvgIpc) is 3.19. The van der Waals surface area contributed by atoms with E-state index in [1.165, 1.54) is 23.4 Å². The highest BCUT2D eigenvalue weighted by atomic mass is 19.1. The van der Waals surface area contributed by atoms with E-state index in [1.54, 1.807) is 12.1 Å². The number of carbonyl (C=O) groups excluding carboxylic acids is 1. The smallest absolute Gasteiger partial charge is 0.308 e. The van der Waals surface area contributed by atoms with Crippen LogP contribution < -0.4 is 0 Å². The number of aliphatic hydroxyl groups is 1. The average molecular weight is 387 g/mol. The summed E-state index contributed by atoms with van der Waals surface area (Å²) < 4.78 is 26.9. The number of halogens is 1. The fraction of sp³-hybridized carbons (Fsp3) is 0.500. The minimum Gasteiger partial charge on any atom is -0.462 e. The van der Waals surface area contributed by atoms with Gasteiger partial charge in [-0.15, -0.1) is 0 Å². The van der Waals surface area contributed by atoms with Crippen LogP contribution >= 0.6 is 0 Å². The zero-order valence-electron chi connectivity index (χ0n) is 16.3. The van der Waals surface area contributed by atoms with Crippen molar-refractivity contribution >= 4 is 5.97 Å². The van der Waals surface area contributed by atoms with Gasteiger partial charge in [0.05, 0.1) is 31.4 Å². The maximum absolute atomic E-state index is 13.5. The lowest BCUT2D eigenvalue weighted by molar-refractivity contribution is -0.160. The first-order valence-electron chi connectivity index (χ1n) is 9.89. The molecule has 2 aromatic rings. The van der Waals surface area contributed by atoms with Crippen molar-refractivity contribution < 1.29 is 23.8 Å². The molecule has 1 fully saturated rings. The normalized spacial score (nSPS) is 21.8. The Morgan fingerprint density at radius 3 is 2.61 bits per heavy atom. The molecule has 4 rings (SSSR count). The number of rotatable bonds is 5. The summed E-state index contributed by atoms with van der Waals surface area (Å²) in [7, 11) is 0. The van der Waals surface area contributed by atoms with Gasteiger partial charge in [-0.05, 0) is 35.7 Å². The number of ether oxygens (including phenoxy) is 2. The fourth-order valence-electron chi connectivity index (χ4n) is 4.46. The molecule has 1 N–H and O–H groups in total. The summed E-state index contributed by atoms with van der Waals surface area (Å²) >= 11 is 0. The van der Waals surface area contributed by atoms with E-state index in [-0.39, 0.29) is 24.3 Å². The van der Waals surface area contributed by atoms with Gasteiger partial charge in [-0.25, -0.2) is 4.39 Å². The molecule has 150 valence electrons. The second-order valence-electron chi connectivity index (χ2n) is 7.99. The van der Waals surface area contributed by atoms with Crippen molar-refractivity contribution in [3.05, 3.63) is 46.9 Å². The van der Waals surface area contributed by atoms with Gasteiger partial charge in [0, 0.05) is 36.2 Å². The lowest BCUT2D eigenvalue weighted by Crippen LogP contribution is -2.33. The van der Waals surface area contributed by atoms with Crippen molar-refractivity contribution in [3.8, 4) is 11.3 Å². The van der Waals surface area contributed by atoms with Crippen LogP contribution in [0.1, 0.15) is 55.8 Å². The van der Waals surface area contributed by atoms with E-state index in [0.29, 0.717) is 38.5 Å². The monoisotopic (exact) mass is 387 g/mol. The minimum atomic E-state index is -0.629. The Kier molecular flexibility index (Phi) is 5.25. The van der Waals surface area contributed by atoms with Gasteiger partial charge >= 0.3 is 5.97 Å². The number of fused-ring (bicyclic) bond motifs is 1. The second-order valence-corrected chi connectivity index (χ2v) is 7.99. The van der Waals surface area contributed by atoms with Crippen LogP contribution in [0.25, 0.3) is 11.3 Å². The molecule has 28 heavy (non-hydrogen) atoms. The summed E-state index contributed by atoms with van der Waals surface area (Å²) in [5.74, 6) is -0.305. The van der Waals surface area contributed by atoms with Crippen LogP contribution in [-0.4, -0.2) is 27.9 Å². The third-order valence-corrected chi connectivity index (χ3v) is 5.59. The fourth-order valence-corrected chi connectivity index (χ4v) is 4.46. The molecular formula is C22H26FNO4. The number of esters is 1. The quantitative estimate of drug-likeness (QED) is 0.791. The SMILES string of the molecule is CC(C)c1c2c(c(-c3ccc(F)cc3)n1CC[C@@H]1C[C@@H](O)CC(=O)O1)COC2. The topological polar surface area (TPSA) is 60.7 Å². The van der Waals surface area contributed by atoms with E-state index in [9.17, 15) is 14.3 Å². The Bertz CT molecular complexity index is 872. The van der Waals surface area contributed by atoms with Gasteiger partial charge in [-0.2, -0.15) is 0 Å².